The molecule has 0 saturated carbocycles. The van der Waals surface area contributed by atoms with Gasteiger partial charge in [0.2, 0.25) is 5.95 Å². The predicted molar refractivity (Wildman–Crippen MR) is 111 cm³/mol. The first kappa shape index (κ1) is 21.9. The number of hydrogen-bond acceptors (Lipinski definition) is 6. The summed E-state index contributed by atoms with van der Waals surface area (Å²) in [6.45, 7) is 5.73. The summed E-state index contributed by atoms with van der Waals surface area (Å²) in [5.41, 5.74) is 4.92. The minimum atomic E-state index is -4.80. The number of phenolic OH excluding ortho intramolecular Hbond substituents is 1. The molecule has 0 radical (unpaired) electrons. The zero-order valence-electron chi connectivity index (χ0n) is 16.8. The molecule has 2 aromatic carbocycles. The highest BCUT2D eigenvalue weighted by molar-refractivity contribution is 5.86. The third kappa shape index (κ3) is 4.88. The van der Waals surface area contributed by atoms with Crippen LogP contribution >= 0.6 is 0 Å². The molecule has 3 aromatic rings. The molecule has 6 nitrogen and oxygen atoms in total. The van der Waals surface area contributed by atoms with Crippen LogP contribution in [-0.2, 0) is 6.18 Å². The lowest BCUT2D eigenvalue weighted by Crippen LogP contribution is -2.14. The lowest BCUT2D eigenvalue weighted by atomic mass is 9.96. The molecule has 0 saturated heterocycles. The molecule has 9 heteroatoms. The van der Waals surface area contributed by atoms with Crippen LogP contribution in [0, 0.1) is 0 Å². The van der Waals surface area contributed by atoms with E-state index in [-0.39, 0.29) is 34.7 Å². The lowest BCUT2D eigenvalue weighted by Gasteiger charge is -2.18. The predicted octanol–water partition coefficient (Wildman–Crippen LogP) is 5.08. The molecule has 0 aliphatic heterocycles. The Morgan fingerprint density at radius 3 is 2.29 bits per heavy atom. The van der Waals surface area contributed by atoms with Crippen LogP contribution in [0.1, 0.15) is 12.6 Å². The molecular weight excluding hydrogens is 411 g/mol. The number of halogens is 3. The number of benzene rings is 2. The highest BCUT2D eigenvalue weighted by Crippen LogP contribution is 2.44. The van der Waals surface area contributed by atoms with Gasteiger partial charge >= 0.3 is 6.18 Å². The fourth-order valence-electron chi connectivity index (χ4n) is 2.92. The quantitative estimate of drug-likeness (QED) is 0.529. The van der Waals surface area contributed by atoms with Crippen LogP contribution in [-0.4, -0.2) is 28.8 Å². The topological polar surface area (TPSA) is 90.5 Å². The fraction of sp³-hybridized carbons (Fsp3) is 0.182. The van der Waals surface area contributed by atoms with Crippen LogP contribution < -0.4 is 15.2 Å². The SMILES string of the molecule is C=C(C)COc1ccc(-c2nc(N)nc(C(F)(F)F)c2-c2ccc(OC)cc2)c(O)c1. The number of nitrogen functional groups attached to an aromatic ring is 1. The second-order valence-electron chi connectivity index (χ2n) is 6.81. The Morgan fingerprint density at radius 1 is 1.10 bits per heavy atom. The average molecular weight is 431 g/mol. The normalized spacial score (nSPS) is 11.3. The van der Waals surface area contributed by atoms with Gasteiger partial charge in [0.05, 0.1) is 12.8 Å². The number of nitrogens with two attached hydrogens (primary N) is 1. The standard InChI is InChI=1S/C22H20F3N3O3/c1-12(2)11-31-15-8-9-16(17(29)10-15)19-18(13-4-6-14(30-3)7-5-13)20(22(23,24)25)28-21(26)27-19/h4-10,29H,1,11H2,2-3H3,(H2,26,27,28). The Labute approximate surface area is 176 Å². The molecule has 0 aliphatic rings. The highest BCUT2D eigenvalue weighted by atomic mass is 19.4. The number of anilines is 1. The molecule has 1 aromatic heterocycles. The number of methoxy groups -OCH3 is 1. The lowest BCUT2D eigenvalue weighted by molar-refractivity contribution is -0.140. The van der Waals surface area contributed by atoms with E-state index in [9.17, 15) is 18.3 Å². The van der Waals surface area contributed by atoms with Crippen molar-refractivity contribution >= 4 is 5.95 Å². The van der Waals surface area contributed by atoms with Gasteiger partial charge in [-0.3, -0.25) is 0 Å². The first-order valence-corrected chi connectivity index (χ1v) is 9.10. The van der Waals surface area contributed by atoms with Gasteiger partial charge in [0.15, 0.2) is 5.69 Å². The van der Waals surface area contributed by atoms with Gasteiger partial charge in [-0.2, -0.15) is 13.2 Å². The maximum atomic E-state index is 13.8. The fourth-order valence-corrected chi connectivity index (χ4v) is 2.92. The van der Waals surface area contributed by atoms with Crippen LogP contribution in [0.25, 0.3) is 22.4 Å². The number of phenols is 1. The first-order chi connectivity index (χ1) is 14.6. The summed E-state index contributed by atoms with van der Waals surface area (Å²) in [7, 11) is 1.45. The smallest absolute Gasteiger partial charge is 0.434 e. The summed E-state index contributed by atoms with van der Waals surface area (Å²) in [5, 5.41) is 10.5. The molecule has 0 spiro atoms. The molecule has 1 heterocycles. The third-order valence-electron chi connectivity index (χ3n) is 4.28. The highest BCUT2D eigenvalue weighted by Gasteiger charge is 2.38. The third-order valence-corrected chi connectivity index (χ3v) is 4.28. The minimum Gasteiger partial charge on any atom is -0.507 e. The number of ether oxygens (including phenoxy) is 2. The van der Waals surface area contributed by atoms with Crippen molar-refractivity contribution in [3.05, 3.63) is 60.3 Å². The number of nitrogens with zero attached hydrogens (tertiary/aromatic N) is 2. The molecule has 31 heavy (non-hydrogen) atoms. The molecule has 0 bridgehead atoms. The van der Waals surface area contributed by atoms with E-state index in [2.05, 4.69) is 16.5 Å². The minimum absolute atomic E-state index is 0.0492. The molecule has 162 valence electrons. The number of aromatic hydroxyl groups is 1. The van der Waals surface area contributed by atoms with E-state index >= 15 is 0 Å². The maximum Gasteiger partial charge on any atom is 0.434 e. The monoisotopic (exact) mass is 431 g/mol. The Bertz CT molecular complexity index is 1110. The maximum absolute atomic E-state index is 13.8. The van der Waals surface area contributed by atoms with Crippen molar-refractivity contribution in [2.45, 2.75) is 13.1 Å². The largest absolute Gasteiger partial charge is 0.507 e. The van der Waals surface area contributed by atoms with E-state index in [4.69, 9.17) is 15.2 Å². The van der Waals surface area contributed by atoms with Gasteiger partial charge in [-0.05, 0) is 42.3 Å². The Hall–Kier alpha value is -3.75. The van der Waals surface area contributed by atoms with Crippen LogP contribution in [0.4, 0.5) is 19.1 Å². The van der Waals surface area contributed by atoms with Crippen molar-refractivity contribution in [3.63, 3.8) is 0 Å². The van der Waals surface area contributed by atoms with E-state index < -0.39 is 17.8 Å². The van der Waals surface area contributed by atoms with Crippen molar-refractivity contribution in [2.24, 2.45) is 0 Å². The van der Waals surface area contributed by atoms with Gasteiger partial charge < -0.3 is 20.3 Å². The van der Waals surface area contributed by atoms with Gasteiger partial charge in [-0.1, -0.05) is 18.7 Å². The summed E-state index contributed by atoms with van der Waals surface area (Å²) in [5.74, 6) is -0.0906. The summed E-state index contributed by atoms with van der Waals surface area (Å²) >= 11 is 0. The van der Waals surface area contributed by atoms with Crippen LogP contribution in [0.3, 0.4) is 0 Å². The molecule has 0 fully saturated rings. The van der Waals surface area contributed by atoms with Crippen molar-refractivity contribution in [2.75, 3.05) is 19.5 Å². The van der Waals surface area contributed by atoms with Crippen molar-refractivity contribution in [3.8, 4) is 39.6 Å². The second-order valence-corrected chi connectivity index (χ2v) is 6.81. The second kappa shape index (κ2) is 8.55. The molecule has 0 unspecified atom stereocenters. The van der Waals surface area contributed by atoms with Crippen molar-refractivity contribution in [1.29, 1.82) is 0 Å². The number of rotatable bonds is 6. The molecule has 0 atom stereocenters. The van der Waals surface area contributed by atoms with Gasteiger partial charge in [-0.15, -0.1) is 0 Å². The summed E-state index contributed by atoms with van der Waals surface area (Å²) in [6, 6.07) is 10.2. The van der Waals surface area contributed by atoms with E-state index in [1.807, 2.05) is 0 Å². The van der Waals surface area contributed by atoms with E-state index in [0.29, 0.717) is 11.5 Å². The van der Waals surface area contributed by atoms with Crippen LogP contribution in [0.5, 0.6) is 17.2 Å². The molecular formula is C22H20F3N3O3. The van der Waals surface area contributed by atoms with Crippen LogP contribution in [0.15, 0.2) is 54.6 Å². The first-order valence-electron chi connectivity index (χ1n) is 9.10. The zero-order valence-corrected chi connectivity index (χ0v) is 16.8. The molecule has 3 N–H and O–H groups in total. The average Bonchev–Trinajstić information content (AvgIpc) is 2.71. The number of hydrogen-bond donors (Lipinski definition) is 2. The van der Waals surface area contributed by atoms with E-state index in [1.54, 1.807) is 6.92 Å². The summed E-state index contributed by atoms with van der Waals surface area (Å²) < 4.78 is 52.0. The Morgan fingerprint density at radius 2 is 1.74 bits per heavy atom. The van der Waals surface area contributed by atoms with Crippen LogP contribution in [0.2, 0.25) is 0 Å². The molecule has 3 rings (SSSR count). The summed E-state index contributed by atoms with van der Waals surface area (Å²) in [4.78, 5) is 7.46. The molecule has 0 aliphatic carbocycles. The molecule has 0 amide bonds. The number of aromatic nitrogens is 2. The Balaban J connectivity index is 2.22. The van der Waals surface area contributed by atoms with Gasteiger partial charge in [0.25, 0.3) is 0 Å². The Kier molecular flexibility index (Phi) is 6.05. The van der Waals surface area contributed by atoms with Crippen molar-refractivity contribution < 1.29 is 27.8 Å². The number of alkyl halides is 3. The van der Waals surface area contributed by atoms with Gasteiger partial charge in [0, 0.05) is 17.2 Å². The summed E-state index contributed by atoms with van der Waals surface area (Å²) in [6.07, 6.45) is -4.80. The van der Waals surface area contributed by atoms with E-state index in [1.165, 1.54) is 49.6 Å². The van der Waals surface area contributed by atoms with Gasteiger partial charge in [-0.25, -0.2) is 9.97 Å². The van der Waals surface area contributed by atoms with Crippen molar-refractivity contribution in [1.82, 2.24) is 9.97 Å². The van der Waals surface area contributed by atoms with Gasteiger partial charge in [0.1, 0.15) is 23.9 Å². The van der Waals surface area contributed by atoms with E-state index in [0.717, 1.165) is 5.57 Å². The zero-order chi connectivity index (χ0) is 22.8.